The Morgan fingerprint density at radius 1 is 1.09 bits per heavy atom. The van der Waals surface area contributed by atoms with Crippen molar-refractivity contribution in [2.24, 2.45) is 0 Å². The molecule has 9 heteroatoms. The van der Waals surface area contributed by atoms with E-state index >= 15 is 0 Å². The first-order valence-electron chi connectivity index (χ1n) is 6.94. The molecule has 4 nitrogen and oxygen atoms in total. The number of hydrogen-bond acceptors (Lipinski definition) is 4. The Bertz CT molecular complexity index is 575. The van der Waals surface area contributed by atoms with Gasteiger partial charge in [0, 0.05) is 17.2 Å². The largest absolute Gasteiger partial charge is 0.501 e. The van der Waals surface area contributed by atoms with Crippen molar-refractivity contribution < 1.29 is 18.9 Å². The Hall–Kier alpha value is -0.680. The van der Waals surface area contributed by atoms with Crippen LogP contribution in [0.1, 0.15) is 19.3 Å². The van der Waals surface area contributed by atoms with Crippen LogP contribution in [-0.4, -0.2) is 55.1 Å². The van der Waals surface area contributed by atoms with Gasteiger partial charge in [0.15, 0.2) is 17.8 Å². The first-order chi connectivity index (χ1) is 10.3. The molecule has 0 saturated carbocycles. The number of halogens is 1. The highest BCUT2D eigenvalue weighted by atomic mass is 79.9. The molecule has 0 bridgehead atoms. The van der Waals surface area contributed by atoms with Gasteiger partial charge in [0.25, 0.3) is 0 Å². The van der Waals surface area contributed by atoms with Gasteiger partial charge in [-0.15, -0.1) is 0 Å². The van der Waals surface area contributed by atoms with Gasteiger partial charge < -0.3 is 18.9 Å². The van der Waals surface area contributed by atoms with E-state index in [-0.39, 0.29) is 12.0 Å². The van der Waals surface area contributed by atoms with Crippen LogP contribution in [0.2, 0.25) is 0 Å². The summed E-state index contributed by atoms with van der Waals surface area (Å²) < 4.78 is 22.8. The van der Waals surface area contributed by atoms with Crippen LogP contribution in [0, 0.1) is 0 Å². The van der Waals surface area contributed by atoms with Crippen LogP contribution in [0.25, 0.3) is 0 Å². The molecule has 22 heavy (non-hydrogen) atoms. The molecule has 8 radical (unpaired) electrons. The third-order valence-electron chi connectivity index (χ3n) is 3.58. The Labute approximate surface area is 143 Å². The maximum atomic E-state index is 5.82. The molecule has 0 amide bonds. The molecule has 1 unspecified atom stereocenters. The van der Waals surface area contributed by atoms with E-state index in [4.69, 9.17) is 50.3 Å². The molecule has 0 N–H and O–H groups in total. The molecule has 106 valence electrons. The maximum absolute atomic E-state index is 5.82. The lowest BCUT2D eigenvalue weighted by Gasteiger charge is -2.48. The molecule has 0 spiro atoms. The highest BCUT2D eigenvalue weighted by Crippen LogP contribution is 2.47. The van der Waals surface area contributed by atoms with E-state index in [9.17, 15) is 0 Å². The van der Waals surface area contributed by atoms with Crippen LogP contribution in [0.5, 0.6) is 17.2 Å². The van der Waals surface area contributed by atoms with E-state index in [1.165, 1.54) is 0 Å². The third-order valence-corrected chi connectivity index (χ3v) is 4.33. The second-order valence-corrected chi connectivity index (χ2v) is 6.20. The molecule has 2 aliphatic heterocycles. The average molecular weight is 354 g/mol. The molecule has 2 aliphatic rings. The average Bonchev–Trinajstić information content (AvgIpc) is 2.45. The van der Waals surface area contributed by atoms with E-state index < -0.39 is 10.8 Å². The minimum Gasteiger partial charge on any atom is -0.501 e. The summed E-state index contributed by atoms with van der Waals surface area (Å²) in [5.41, 5.74) is 0. The second kappa shape index (κ2) is 5.75. The molecular weight excluding hydrogens is 343 g/mol. The van der Waals surface area contributed by atoms with Crippen molar-refractivity contribution in [3.05, 3.63) is 16.6 Å². The predicted octanol–water partition coefficient (Wildman–Crippen LogP) is 1.11. The van der Waals surface area contributed by atoms with E-state index in [1.54, 1.807) is 12.1 Å². The van der Waals surface area contributed by atoms with Crippen LogP contribution in [0.3, 0.4) is 0 Å². The fraction of sp³-hybridized carbons (Fsp3) is 0.538. The van der Waals surface area contributed by atoms with Crippen molar-refractivity contribution in [1.29, 1.82) is 0 Å². The highest BCUT2D eigenvalue weighted by Gasteiger charge is 2.44. The molecule has 0 aliphatic carbocycles. The zero-order chi connectivity index (χ0) is 16.0. The van der Waals surface area contributed by atoms with Gasteiger partial charge in [0.05, 0.1) is 6.61 Å². The first kappa shape index (κ1) is 16.2. The van der Waals surface area contributed by atoms with E-state index in [0.29, 0.717) is 22.6 Å². The van der Waals surface area contributed by atoms with Gasteiger partial charge in [-0.1, -0.05) is 0 Å². The lowest BCUT2D eigenvalue weighted by molar-refractivity contribution is -0.106. The van der Waals surface area contributed by atoms with Gasteiger partial charge in [-0.05, 0) is 40.9 Å². The summed E-state index contributed by atoms with van der Waals surface area (Å²) in [4.78, 5) is 0. The molecule has 1 aromatic rings. The van der Waals surface area contributed by atoms with E-state index in [1.807, 2.05) is 0 Å². The van der Waals surface area contributed by atoms with E-state index in [2.05, 4.69) is 15.9 Å². The fourth-order valence-corrected chi connectivity index (χ4v) is 2.74. The second-order valence-electron chi connectivity index (χ2n) is 5.41. The zero-order valence-electron chi connectivity index (χ0n) is 11.9. The Morgan fingerprint density at radius 3 is 2.50 bits per heavy atom. The van der Waals surface area contributed by atoms with Gasteiger partial charge in [-0.2, -0.15) is 0 Å². The number of fused-ring (bicyclic) bond motifs is 1. The highest BCUT2D eigenvalue weighted by molar-refractivity contribution is 9.10. The van der Waals surface area contributed by atoms with Crippen LogP contribution in [-0.2, 0) is 4.74 Å². The molecule has 0 aromatic heterocycles. The number of benzene rings is 1. The summed E-state index contributed by atoms with van der Waals surface area (Å²) in [5.74, 6) is 1.14. The predicted molar refractivity (Wildman–Crippen MR) is 88.1 cm³/mol. The zero-order valence-corrected chi connectivity index (χ0v) is 13.5. The third kappa shape index (κ3) is 2.90. The van der Waals surface area contributed by atoms with Gasteiger partial charge in [-0.25, -0.2) is 0 Å². The molecular formula is C13H11B4BrO4. The first-order valence-corrected chi connectivity index (χ1v) is 7.74. The molecule has 1 atom stereocenters. The van der Waals surface area contributed by atoms with Crippen LogP contribution >= 0.6 is 15.9 Å². The summed E-state index contributed by atoms with van der Waals surface area (Å²) >= 11 is 3.40. The summed E-state index contributed by atoms with van der Waals surface area (Å²) in [6.07, 6.45) is 2.63. The summed E-state index contributed by atoms with van der Waals surface area (Å²) in [6.45, 7) is 0.685. The Morgan fingerprint density at radius 2 is 1.82 bits per heavy atom. The Kier molecular flexibility index (Phi) is 4.23. The SMILES string of the molecule is [B]C1([B])Oc2ccc(OC3CCCCO3)c(Br)c2OC1([B])[B]. The number of ether oxygens (including phenoxy) is 4. The van der Waals surface area contributed by atoms with E-state index in [0.717, 1.165) is 19.3 Å². The minimum atomic E-state index is -1.89. The van der Waals surface area contributed by atoms with Crippen molar-refractivity contribution in [3.63, 3.8) is 0 Å². The van der Waals surface area contributed by atoms with Crippen molar-refractivity contribution in [2.75, 3.05) is 6.61 Å². The van der Waals surface area contributed by atoms with Crippen LogP contribution in [0.4, 0.5) is 0 Å². The van der Waals surface area contributed by atoms with Gasteiger partial charge in [0.1, 0.15) is 41.6 Å². The molecule has 3 rings (SSSR count). The van der Waals surface area contributed by atoms with Crippen molar-refractivity contribution >= 4 is 47.3 Å². The molecule has 2 heterocycles. The van der Waals surface area contributed by atoms with Crippen LogP contribution < -0.4 is 14.2 Å². The minimum absolute atomic E-state index is 0.282. The standard InChI is InChI=1S/C13H11B4BrO4/c14-12(15)13(16,17)22-11-8(21-12)5-4-7(10(11)18)20-9-3-1-2-6-19-9/h4-5,9H,1-3,6H2. The monoisotopic (exact) mass is 354 g/mol. The molecule has 1 fully saturated rings. The quantitative estimate of drug-likeness (QED) is 0.746. The van der Waals surface area contributed by atoms with Crippen molar-refractivity contribution in [1.82, 2.24) is 0 Å². The molecule has 1 aromatic carbocycles. The summed E-state index contributed by atoms with van der Waals surface area (Å²) in [7, 11) is 23.0. The summed E-state index contributed by atoms with van der Waals surface area (Å²) in [6, 6.07) is 3.34. The Balaban J connectivity index is 1.87. The molecule has 1 saturated heterocycles. The topological polar surface area (TPSA) is 36.9 Å². The smallest absolute Gasteiger partial charge is 0.199 e. The lowest BCUT2D eigenvalue weighted by Crippen LogP contribution is -2.65. The van der Waals surface area contributed by atoms with Crippen molar-refractivity contribution in [2.45, 2.75) is 36.4 Å². The number of hydrogen-bond donors (Lipinski definition) is 0. The normalized spacial score (nSPS) is 25.4. The maximum Gasteiger partial charge on any atom is 0.199 e. The van der Waals surface area contributed by atoms with Crippen molar-refractivity contribution in [3.8, 4) is 17.2 Å². The van der Waals surface area contributed by atoms with Gasteiger partial charge in [-0.3, -0.25) is 0 Å². The van der Waals surface area contributed by atoms with Gasteiger partial charge in [0.2, 0.25) is 0 Å². The van der Waals surface area contributed by atoms with Crippen LogP contribution in [0.15, 0.2) is 16.6 Å². The lowest BCUT2D eigenvalue weighted by atomic mass is 9.41. The summed E-state index contributed by atoms with van der Waals surface area (Å²) in [5, 5.41) is -3.74. The fourth-order valence-electron chi connectivity index (χ4n) is 2.24. The number of rotatable bonds is 2. The van der Waals surface area contributed by atoms with Gasteiger partial charge >= 0.3 is 0 Å².